The Morgan fingerprint density at radius 1 is 1.28 bits per heavy atom. The normalized spacial score (nSPS) is 17.6. The van der Waals surface area contributed by atoms with Gasteiger partial charge in [-0.2, -0.15) is 5.10 Å². The zero-order chi connectivity index (χ0) is 17.2. The molecule has 1 aromatic carbocycles. The monoisotopic (exact) mass is 336 g/mol. The fourth-order valence-corrected chi connectivity index (χ4v) is 3.16. The Hall–Kier alpha value is -2.80. The van der Waals surface area contributed by atoms with Gasteiger partial charge in [0, 0.05) is 30.7 Å². The molecule has 0 radical (unpaired) electrons. The fraction of sp³-hybridized carbons (Fsp3) is 0.333. The molecule has 0 saturated carbocycles. The molecule has 4 rings (SSSR count). The molecule has 3 heterocycles. The molecule has 7 heteroatoms. The van der Waals surface area contributed by atoms with Crippen LogP contribution >= 0.6 is 0 Å². The van der Waals surface area contributed by atoms with Crippen LogP contribution in [0.1, 0.15) is 12.8 Å². The lowest BCUT2D eigenvalue weighted by Crippen LogP contribution is -2.37. The van der Waals surface area contributed by atoms with E-state index in [0.717, 1.165) is 48.0 Å². The number of carbonyl (C=O) groups is 1. The number of amides is 1. The highest BCUT2D eigenvalue weighted by molar-refractivity contribution is 5.94. The zero-order valence-electron chi connectivity index (χ0n) is 14.1. The third kappa shape index (κ3) is 3.36. The van der Waals surface area contributed by atoms with Crippen LogP contribution in [0, 0.1) is 5.92 Å². The predicted octanol–water partition coefficient (Wildman–Crippen LogP) is 1.97. The van der Waals surface area contributed by atoms with E-state index in [1.54, 1.807) is 4.68 Å². The first-order valence-electron chi connectivity index (χ1n) is 8.47. The summed E-state index contributed by atoms with van der Waals surface area (Å²) < 4.78 is 1.77. The number of carbonyl (C=O) groups excluding carboxylic acids is 1. The van der Waals surface area contributed by atoms with Crippen LogP contribution in [0.5, 0.6) is 0 Å². The van der Waals surface area contributed by atoms with Gasteiger partial charge in [0.2, 0.25) is 5.91 Å². The van der Waals surface area contributed by atoms with E-state index in [1.165, 1.54) is 0 Å². The number of piperidine rings is 1. The summed E-state index contributed by atoms with van der Waals surface area (Å²) in [6, 6.07) is 7.84. The van der Waals surface area contributed by atoms with Crippen molar-refractivity contribution >= 4 is 22.6 Å². The maximum Gasteiger partial charge on any atom is 0.229 e. The third-order valence-corrected chi connectivity index (χ3v) is 4.54. The second kappa shape index (κ2) is 6.60. The van der Waals surface area contributed by atoms with Gasteiger partial charge in [0.1, 0.15) is 0 Å². The van der Waals surface area contributed by atoms with E-state index < -0.39 is 0 Å². The molecule has 2 aromatic heterocycles. The van der Waals surface area contributed by atoms with E-state index >= 15 is 0 Å². The van der Waals surface area contributed by atoms with E-state index in [0.29, 0.717) is 5.82 Å². The number of aromatic nitrogens is 4. The molecule has 128 valence electrons. The lowest BCUT2D eigenvalue weighted by atomic mass is 9.99. The molecule has 1 atom stereocenters. The van der Waals surface area contributed by atoms with Crippen molar-refractivity contribution in [3.63, 3.8) is 0 Å². The molecule has 7 nitrogen and oxygen atoms in total. The van der Waals surface area contributed by atoms with Gasteiger partial charge in [-0.05, 0) is 43.1 Å². The van der Waals surface area contributed by atoms with E-state index in [1.807, 2.05) is 43.7 Å². The minimum absolute atomic E-state index is 0.00395. The number of anilines is 1. The van der Waals surface area contributed by atoms with Crippen LogP contribution in [0.4, 0.5) is 5.82 Å². The van der Waals surface area contributed by atoms with Crippen molar-refractivity contribution in [2.24, 2.45) is 13.0 Å². The summed E-state index contributed by atoms with van der Waals surface area (Å²) in [5, 5.41) is 19.6. The van der Waals surface area contributed by atoms with Crippen molar-refractivity contribution in [3.05, 3.63) is 36.7 Å². The number of aryl methyl sites for hydroxylation is 1. The van der Waals surface area contributed by atoms with Gasteiger partial charge in [0.05, 0.1) is 17.6 Å². The lowest BCUT2D eigenvalue weighted by molar-refractivity contribution is -0.120. The summed E-state index contributed by atoms with van der Waals surface area (Å²) in [4.78, 5) is 12.4. The summed E-state index contributed by atoms with van der Waals surface area (Å²) in [7, 11) is 1.89. The van der Waals surface area contributed by atoms with Gasteiger partial charge in [-0.15, -0.1) is 10.2 Å². The lowest BCUT2D eigenvalue weighted by Gasteiger charge is -2.21. The average Bonchev–Trinajstić information content (AvgIpc) is 3.08. The Bertz CT molecular complexity index is 913. The quantitative estimate of drug-likeness (QED) is 0.764. The minimum atomic E-state index is -0.00651. The first-order chi connectivity index (χ1) is 12.2. The number of rotatable bonds is 3. The van der Waals surface area contributed by atoms with Crippen molar-refractivity contribution in [2.45, 2.75) is 12.8 Å². The van der Waals surface area contributed by atoms with Gasteiger partial charge in [-0.3, -0.25) is 9.48 Å². The van der Waals surface area contributed by atoms with E-state index in [4.69, 9.17) is 0 Å². The summed E-state index contributed by atoms with van der Waals surface area (Å²) in [6.07, 6.45) is 5.73. The molecular weight excluding hydrogens is 316 g/mol. The average molecular weight is 336 g/mol. The molecule has 0 bridgehead atoms. The Balaban J connectivity index is 1.59. The van der Waals surface area contributed by atoms with Gasteiger partial charge in [-0.1, -0.05) is 6.07 Å². The topological polar surface area (TPSA) is 84.7 Å². The predicted molar refractivity (Wildman–Crippen MR) is 96.0 cm³/mol. The first kappa shape index (κ1) is 15.7. The molecule has 1 amide bonds. The number of hydrogen-bond donors (Lipinski definition) is 2. The first-order valence-corrected chi connectivity index (χ1v) is 8.47. The van der Waals surface area contributed by atoms with Gasteiger partial charge in [0.25, 0.3) is 0 Å². The molecule has 3 aromatic rings. The molecule has 1 saturated heterocycles. The number of nitrogens with zero attached hydrogens (tertiary/aromatic N) is 4. The van der Waals surface area contributed by atoms with E-state index in [-0.39, 0.29) is 11.8 Å². The van der Waals surface area contributed by atoms with Crippen molar-refractivity contribution in [1.29, 1.82) is 0 Å². The Kier molecular flexibility index (Phi) is 4.15. The molecule has 2 N–H and O–H groups in total. The van der Waals surface area contributed by atoms with Crippen LogP contribution in [-0.2, 0) is 11.8 Å². The van der Waals surface area contributed by atoms with Crippen molar-refractivity contribution in [2.75, 3.05) is 18.4 Å². The van der Waals surface area contributed by atoms with Crippen molar-refractivity contribution in [1.82, 2.24) is 25.3 Å². The maximum atomic E-state index is 12.4. The summed E-state index contributed by atoms with van der Waals surface area (Å²) >= 11 is 0. The molecule has 1 fully saturated rings. The van der Waals surface area contributed by atoms with Crippen LogP contribution in [0.2, 0.25) is 0 Å². The second-order valence-electron chi connectivity index (χ2n) is 6.44. The SMILES string of the molecule is Cn1cc(-c2ccc3nnc(NC(=O)C4CCCNC4)cc3c2)cn1. The molecular formula is C18H20N6O. The van der Waals surface area contributed by atoms with Gasteiger partial charge in [0.15, 0.2) is 5.82 Å². The second-order valence-corrected chi connectivity index (χ2v) is 6.44. The summed E-state index contributed by atoms with van der Waals surface area (Å²) in [5.41, 5.74) is 2.90. The van der Waals surface area contributed by atoms with Crippen LogP contribution in [-0.4, -0.2) is 39.0 Å². The molecule has 1 aliphatic heterocycles. The molecule has 0 spiro atoms. The zero-order valence-corrected chi connectivity index (χ0v) is 14.1. The van der Waals surface area contributed by atoms with Gasteiger partial charge < -0.3 is 10.6 Å². The molecule has 1 unspecified atom stereocenters. The standard InChI is InChI=1S/C18H20N6O/c1-24-11-15(10-20-24)12-4-5-16-14(7-12)8-17(23-22-16)21-18(25)13-3-2-6-19-9-13/h4-5,7-8,10-11,13,19H,2-3,6,9H2,1H3,(H,21,23,25). The Labute approximate surface area is 145 Å². The van der Waals surface area contributed by atoms with Crippen LogP contribution in [0.3, 0.4) is 0 Å². The van der Waals surface area contributed by atoms with Crippen LogP contribution < -0.4 is 10.6 Å². The smallest absolute Gasteiger partial charge is 0.229 e. The van der Waals surface area contributed by atoms with Crippen LogP contribution in [0.15, 0.2) is 36.7 Å². The van der Waals surface area contributed by atoms with E-state index in [2.05, 4.69) is 25.9 Å². The molecule has 0 aliphatic carbocycles. The third-order valence-electron chi connectivity index (χ3n) is 4.54. The largest absolute Gasteiger partial charge is 0.316 e. The molecule has 25 heavy (non-hydrogen) atoms. The Morgan fingerprint density at radius 3 is 2.96 bits per heavy atom. The van der Waals surface area contributed by atoms with Crippen molar-refractivity contribution in [3.8, 4) is 11.1 Å². The van der Waals surface area contributed by atoms with Crippen LogP contribution in [0.25, 0.3) is 22.0 Å². The number of fused-ring (bicyclic) bond motifs is 1. The summed E-state index contributed by atoms with van der Waals surface area (Å²) in [6.45, 7) is 1.70. The number of benzene rings is 1. The number of hydrogen-bond acceptors (Lipinski definition) is 5. The highest BCUT2D eigenvalue weighted by Gasteiger charge is 2.21. The highest BCUT2D eigenvalue weighted by atomic mass is 16.2. The molecule has 1 aliphatic rings. The summed E-state index contributed by atoms with van der Waals surface area (Å²) in [5.74, 6) is 0.489. The minimum Gasteiger partial charge on any atom is -0.316 e. The number of nitrogens with one attached hydrogen (secondary N) is 2. The van der Waals surface area contributed by atoms with E-state index in [9.17, 15) is 4.79 Å². The fourth-order valence-electron chi connectivity index (χ4n) is 3.16. The van der Waals surface area contributed by atoms with Crippen molar-refractivity contribution < 1.29 is 4.79 Å². The van der Waals surface area contributed by atoms with Gasteiger partial charge in [-0.25, -0.2) is 0 Å². The van der Waals surface area contributed by atoms with Gasteiger partial charge >= 0.3 is 0 Å². The maximum absolute atomic E-state index is 12.4. The highest BCUT2D eigenvalue weighted by Crippen LogP contribution is 2.24. The Morgan fingerprint density at radius 2 is 2.20 bits per heavy atom.